The van der Waals surface area contributed by atoms with E-state index in [4.69, 9.17) is 21.7 Å². The molecule has 4 rings (SSSR count). The number of nitro benzene ring substituents is 1. The minimum atomic E-state index is -0.383. The molecule has 0 aliphatic carbocycles. The van der Waals surface area contributed by atoms with Gasteiger partial charge in [0.2, 0.25) is 6.79 Å². The number of nitro groups is 1. The zero-order valence-corrected chi connectivity index (χ0v) is 16.0. The van der Waals surface area contributed by atoms with E-state index >= 15 is 0 Å². The first-order valence-corrected chi connectivity index (χ1v) is 9.42. The van der Waals surface area contributed by atoms with Crippen LogP contribution in [0.1, 0.15) is 5.56 Å². The smallest absolute Gasteiger partial charge is 0.269 e. The summed E-state index contributed by atoms with van der Waals surface area (Å²) in [7, 11) is 0. The summed E-state index contributed by atoms with van der Waals surface area (Å²) in [6.45, 7) is 4.10. The lowest BCUT2D eigenvalue weighted by molar-refractivity contribution is -0.384. The lowest BCUT2D eigenvalue weighted by Crippen LogP contribution is -2.51. The predicted octanol–water partition coefficient (Wildman–Crippen LogP) is 2.52. The Hall–Kier alpha value is -3.07. The summed E-state index contributed by atoms with van der Waals surface area (Å²) >= 11 is 5.54. The predicted molar refractivity (Wildman–Crippen MR) is 109 cm³/mol. The van der Waals surface area contributed by atoms with Gasteiger partial charge in [-0.15, -0.1) is 0 Å². The molecule has 0 spiro atoms. The van der Waals surface area contributed by atoms with Crippen LogP contribution >= 0.6 is 12.2 Å². The Morgan fingerprint density at radius 1 is 1.07 bits per heavy atom. The van der Waals surface area contributed by atoms with E-state index in [1.54, 1.807) is 24.3 Å². The zero-order valence-electron chi connectivity index (χ0n) is 15.2. The van der Waals surface area contributed by atoms with E-state index in [2.05, 4.69) is 15.1 Å². The number of thiocarbonyl (C=S) groups is 1. The van der Waals surface area contributed by atoms with Crippen LogP contribution in [0.2, 0.25) is 0 Å². The standard InChI is InChI=1S/C19H20N4O4S/c24-23(25)16-4-2-15(3-5-16)21-7-9-22(10-8-21)19(28)20-12-14-1-6-17-18(11-14)27-13-26-17/h1-6,11H,7-10,12-13H2,(H,20,28). The Kier molecular flexibility index (Phi) is 5.16. The van der Waals surface area contributed by atoms with Crippen molar-refractivity contribution in [3.05, 3.63) is 58.1 Å². The Morgan fingerprint density at radius 2 is 1.79 bits per heavy atom. The van der Waals surface area contributed by atoms with Crippen LogP contribution in [0.3, 0.4) is 0 Å². The van der Waals surface area contributed by atoms with Gasteiger partial charge in [0.05, 0.1) is 4.92 Å². The molecule has 2 aromatic carbocycles. The summed E-state index contributed by atoms with van der Waals surface area (Å²) < 4.78 is 10.7. The summed E-state index contributed by atoms with van der Waals surface area (Å²) in [5, 5.41) is 14.8. The Balaban J connectivity index is 1.27. The number of ether oxygens (including phenoxy) is 2. The van der Waals surface area contributed by atoms with Gasteiger partial charge in [0.1, 0.15) is 0 Å². The van der Waals surface area contributed by atoms with Crippen molar-refractivity contribution in [2.75, 3.05) is 37.9 Å². The van der Waals surface area contributed by atoms with Crippen molar-refractivity contribution in [3.63, 3.8) is 0 Å². The van der Waals surface area contributed by atoms with Crippen molar-refractivity contribution in [2.24, 2.45) is 0 Å². The highest BCUT2D eigenvalue weighted by Crippen LogP contribution is 2.32. The molecule has 1 N–H and O–H groups in total. The van der Waals surface area contributed by atoms with Gasteiger partial charge in [-0.2, -0.15) is 0 Å². The maximum Gasteiger partial charge on any atom is 0.269 e. The molecule has 2 aromatic rings. The lowest BCUT2D eigenvalue weighted by Gasteiger charge is -2.37. The van der Waals surface area contributed by atoms with Crippen molar-refractivity contribution in [2.45, 2.75) is 6.54 Å². The fourth-order valence-electron chi connectivity index (χ4n) is 3.29. The highest BCUT2D eigenvalue weighted by molar-refractivity contribution is 7.80. The Morgan fingerprint density at radius 3 is 2.50 bits per heavy atom. The van der Waals surface area contributed by atoms with Crippen LogP contribution in [0.5, 0.6) is 11.5 Å². The van der Waals surface area contributed by atoms with E-state index in [9.17, 15) is 10.1 Å². The number of fused-ring (bicyclic) bond motifs is 1. The van der Waals surface area contributed by atoms with Gasteiger partial charge in [0.25, 0.3) is 5.69 Å². The Labute approximate surface area is 167 Å². The number of nitrogens with zero attached hydrogens (tertiary/aromatic N) is 3. The summed E-state index contributed by atoms with van der Waals surface area (Å²) in [5.74, 6) is 1.54. The molecule has 2 heterocycles. The third kappa shape index (κ3) is 3.94. The molecule has 0 saturated carbocycles. The van der Waals surface area contributed by atoms with Crippen molar-refractivity contribution in [3.8, 4) is 11.5 Å². The fourth-order valence-corrected chi connectivity index (χ4v) is 3.55. The van der Waals surface area contributed by atoms with Gasteiger partial charge in [-0.3, -0.25) is 10.1 Å². The van der Waals surface area contributed by atoms with Crippen molar-refractivity contribution >= 4 is 28.7 Å². The minimum Gasteiger partial charge on any atom is -0.454 e. The second-order valence-electron chi connectivity index (χ2n) is 6.59. The zero-order chi connectivity index (χ0) is 19.5. The summed E-state index contributed by atoms with van der Waals surface area (Å²) in [5.41, 5.74) is 2.18. The lowest BCUT2D eigenvalue weighted by atomic mass is 10.2. The van der Waals surface area contributed by atoms with Crippen LogP contribution in [0, 0.1) is 10.1 Å². The number of piperazine rings is 1. The number of anilines is 1. The SMILES string of the molecule is O=[N+]([O-])c1ccc(N2CCN(C(=S)NCc3ccc4c(c3)OCO4)CC2)cc1. The average molecular weight is 400 g/mol. The maximum atomic E-state index is 10.8. The largest absolute Gasteiger partial charge is 0.454 e. The molecule has 146 valence electrons. The number of nitrogens with one attached hydrogen (secondary N) is 1. The van der Waals surface area contributed by atoms with Gasteiger partial charge in [-0.25, -0.2) is 0 Å². The molecule has 1 fully saturated rings. The van der Waals surface area contributed by atoms with Crippen LogP contribution in [0.4, 0.5) is 11.4 Å². The van der Waals surface area contributed by atoms with E-state index in [0.29, 0.717) is 6.54 Å². The number of benzene rings is 2. The van der Waals surface area contributed by atoms with Crippen LogP contribution < -0.4 is 19.7 Å². The molecule has 0 atom stereocenters. The first kappa shape index (κ1) is 18.3. The first-order chi connectivity index (χ1) is 13.6. The van der Waals surface area contributed by atoms with Crippen LogP contribution in [-0.4, -0.2) is 47.9 Å². The third-order valence-electron chi connectivity index (χ3n) is 4.87. The summed E-state index contributed by atoms with van der Waals surface area (Å²) in [6.07, 6.45) is 0. The molecule has 28 heavy (non-hydrogen) atoms. The van der Waals surface area contributed by atoms with Gasteiger partial charge < -0.3 is 24.6 Å². The third-order valence-corrected chi connectivity index (χ3v) is 5.28. The monoisotopic (exact) mass is 400 g/mol. The quantitative estimate of drug-likeness (QED) is 0.476. The Bertz CT molecular complexity index is 882. The normalized spacial score (nSPS) is 15.4. The van der Waals surface area contributed by atoms with Gasteiger partial charge in [0, 0.05) is 50.5 Å². The second kappa shape index (κ2) is 7.89. The van der Waals surface area contributed by atoms with Crippen LogP contribution in [-0.2, 0) is 6.54 Å². The molecule has 0 amide bonds. The van der Waals surface area contributed by atoms with Gasteiger partial charge in [-0.05, 0) is 42.0 Å². The molecule has 0 aromatic heterocycles. The number of rotatable bonds is 4. The summed E-state index contributed by atoms with van der Waals surface area (Å²) in [4.78, 5) is 14.7. The van der Waals surface area contributed by atoms with Crippen molar-refractivity contribution < 1.29 is 14.4 Å². The van der Waals surface area contributed by atoms with Gasteiger partial charge in [0.15, 0.2) is 16.6 Å². The average Bonchev–Trinajstić information content (AvgIpc) is 3.20. The van der Waals surface area contributed by atoms with E-state index < -0.39 is 0 Å². The van der Waals surface area contributed by atoms with Crippen LogP contribution in [0.25, 0.3) is 0 Å². The number of hydrogen-bond acceptors (Lipinski definition) is 6. The fraction of sp³-hybridized carbons (Fsp3) is 0.316. The topological polar surface area (TPSA) is 80.1 Å². The molecular weight excluding hydrogens is 380 g/mol. The van der Waals surface area contributed by atoms with E-state index in [-0.39, 0.29) is 17.4 Å². The maximum absolute atomic E-state index is 10.8. The molecular formula is C19H20N4O4S. The molecule has 0 unspecified atom stereocenters. The van der Waals surface area contributed by atoms with Crippen molar-refractivity contribution in [1.82, 2.24) is 10.2 Å². The highest BCUT2D eigenvalue weighted by atomic mass is 32.1. The van der Waals surface area contributed by atoms with Crippen LogP contribution in [0.15, 0.2) is 42.5 Å². The number of hydrogen-bond donors (Lipinski definition) is 1. The van der Waals surface area contributed by atoms with E-state index in [1.165, 1.54) is 0 Å². The highest BCUT2D eigenvalue weighted by Gasteiger charge is 2.20. The molecule has 0 radical (unpaired) electrons. The first-order valence-electron chi connectivity index (χ1n) is 9.01. The number of non-ortho nitro benzene ring substituents is 1. The van der Waals surface area contributed by atoms with Gasteiger partial charge >= 0.3 is 0 Å². The van der Waals surface area contributed by atoms with E-state index in [1.807, 2.05) is 18.2 Å². The second-order valence-corrected chi connectivity index (χ2v) is 6.98. The molecule has 1 saturated heterocycles. The van der Waals surface area contributed by atoms with Crippen molar-refractivity contribution in [1.29, 1.82) is 0 Å². The van der Waals surface area contributed by atoms with E-state index in [0.717, 1.165) is 54.0 Å². The molecule has 2 aliphatic rings. The summed E-state index contributed by atoms with van der Waals surface area (Å²) in [6, 6.07) is 12.5. The molecule has 2 aliphatic heterocycles. The van der Waals surface area contributed by atoms with Gasteiger partial charge in [-0.1, -0.05) is 6.07 Å². The molecule has 9 heteroatoms. The molecule has 0 bridgehead atoms. The molecule has 8 nitrogen and oxygen atoms in total. The minimum absolute atomic E-state index is 0.108.